The monoisotopic (exact) mass is 328 g/mol. The third kappa shape index (κ3) is 5.06. The number of ether oxygens (including phenoxy) is 2. The highest BCUT2D eigenvalue weighted by atomic mass is 16.5. The number of hydrogen-bond donors (Lipinski definition) is 0. The maximum absolute atomic E-state index is 12.3. The van der Waals surface area contributed by atoms with Crippen LogP contribution in [0.5, 0.6) is 11.6 Å². The highest BCUT2D eigenvalue weighted by Gasteiger charge is 2.25. The SMILES string of the molecule is CC(C)C(C(=O)OCc1cccc(Oc2ccccc2)n1)N(C)C. The second-order valence-corrected chi connectivity index (χ2v) is 6.14. The maximum atomic E-state index is 12.3. The van der Waals surface area contributed by atoms with Gasteiger partial charge in [0.15, 0.2) is 0 Å². The van der Waals surface area contributed by atoms with Gasteiger partial charge in [0.1, 0.15) is 18.4 Å². The predicted molar refractivity (Wildman–Crippen MR) is 92.9 cm³/mol. The predicted octanol–water partition coefficient (Wildman–Crippen LogP) is 3.50. The van der Waals surface area contributed by atoms with Gasteiger partial charge in [-0.05, 0) is 38.2 Å². The van der Waals surface area contributed by atoms with Crippen LogP contribution in [0.25, 0.3) is 0 Å². The zero-order valence-electron chi connectivity index (χ0n) is 14.6. The van der Waals surface area contributed by atoms with Gasteiger partial charge in [0.25, 0.3) is 0 Å². The minimum atomic E-state index is -0.270. The van der Waals surface area contributed by atoms with Gasteiger partial charge in [-0.1, -0.05) is 38.1 Å². The van der Waals surface area contributed by atoms with Crippen LogP contribution in [0.1, 0.15) is 19.5 Å². The van der Waals surface area contributed by atoms with Gasteiger partial charge in [-0.2, -0.15) is 0 Å². The van der Waals surface area contributed by atoms with Crippen LogP contribution >= 0.6 is 0 Å². The van der Waals surface area contributed by atoms with Crippen LogP contribution < -0.4 is 4.74 Å². The Morgan fingerprint density at radius 2 is 1.79 bits per heavy atom. The third-order valence-corrected chi connectivity index (χ3v) is 3.54. The molecule has 0 radical (unpaired) electrons. The number of aromatic nitrogens is 1. The summed E-state index contributed by atoms with van der Waals surface area (Å²) < 4.78 is 11.1. The number of nitrogens with zero attached hydrogens (tertiary/aromatic N) is 2. The van der Waals surface area contributed by atoms with E-state index in [1.165, 1.54) is 0 Å². The number of para-hydroxylation sites is 1. The van der Waals surface area contributed by atoms with E-state index >= 15 is 0 Å². The molecule has 1 aromatic heterocycles. The van der Waals surface area contributed by atoms with E-state index in [4.69, 9.17) is 9.47 Å². The topological polar surface area (TPSA) is 51.7 Å². The molecule has 0 fully saturated rings. The molecule has 0 spiro atoms. The maximum Gasteiger partial charge on any atom is 0.323 e. The van der Waals surface area contributed by atoms with Crippen molar-refractivity contribution < 1.29 is 14.3 Å². The van der Waals surface area contributed by atoms with Gasteiger partial charge in [-0.25, -0.2) is 4.98 Å². The number of esters is 1. The molecule has 1 unspecified atom stereocenters. The summed E-state index contributed by atoms with van der Waals surface area (Å²) in [5.74, 6) is 1.12. The average Bonchev–Trinajstić information content (AvgIpc) is 2.53. The van der Waals surface area contributed by atoms with Crippen molar-refractivity contribution in [1.29, 1.82) is 0 Å². The molecule has 1 aromatic carbocycles. The van der Waals surface area contributed by atoms with Crippen LogP contribution in [0.2, 0.25) is 0 Å². The van der Waals surface area contributed by atoms with Crippen LogP contribution in [0.3, 0.4) is 0 Å². The Hall–Kier alpha value is -2.40. The Balaban J connectivity index is 1.98. The summed E-state index contributed by atoms with van der Waals surface area (Å²) in [7, 11) is 3.75. The van der Waals surface area contributed by atoms with E-state index in [9.17, 15) is 4.79 Å². The lowest BCUT2D eigenvalue weighted by Gasteiger charge is -2.25. The first kappa shape index (κ1) is 17.9. The van der Waals surface area contributed by atoms with E-state index in [1.807, 2.05) is 75.3 Å². The van der Waals surface area contributed by atoms with E-state index in [-0.39, 0.29) is 24.5 Å². The fraction of sp³-hybridized carbons (Fsp3) is 0.368. The molecule has 0 aliphatic carbocycles. The molecule has 1 heterocycles. The molecule has 0 saturated carbocycles. The zero-order valence-corrected chi connectivity index (χ0v) is 14.6. The van der Waals surface area contributed by atoms with Crippen molar-refractivity contribution in [3.8, 4) is 11.6 Å². The molecule has 128 valence electrons. The summed E-state index contributed by atoms with van der Waals surface area (Å²) in [4.78, 5) is 18.5. The number of carbonyl (C=O) groups is 1. The van der Waals surface area contributed by atoms with Crippen LogP contribution in [0, 0.1) is 5.92 Å². The molecule has 2 aromatic rings. The summed E-state index contributed by atoms with van der Waals surface area (Å²) >= 11 is 0. The number of rotatable bonds is 7. The van der Waals surface area contributed by atoms with Gasteiger partial charge >= 0.3 is 5.97 Å². The summed E-state index contributed by atoms with van der Waals surface area (Å²) in [6.45, 7) is 4.12. The molecule has 0 aliphatic heterocycles. The van der Waals surface area contributed by atoms with Crippen molar-refractivity contribution in [2.45, 2.75) is 26.5 Å². The molecule has 1 atom stereocenters. The summed E-state index contributed by atoms with van der Waals surface area (Å²) in [5, 5.41) is 0. The highest BCUT2D eigenvalue weighted by Crippen LogP contribution is 2.19. The van der Waals surface area contributed by atoms with Crippen molar-refractivity contribution >= 4 is 5.97 Å². The molecular weight excluding hydrogens is 304 g/mol. The first-order valence-electron chi connectivity index (χ1n) is 7.99. The molecular formula is C19H24N2O3. The molecule has 0 amide bonds. The second kappa shape index (κ2) is 8.45. The minimum absolute atomic E-state index is 0.127. The summed E-state index contributed by atoms with van der Waals surface area (Å²) in [6.07, 6.45) is 0. The van der Waals surface area contributed by atoms with Gasteiger partial charge in [0.2, 0.25) is 5.88 Å². The van der Waals surface area contributed by atoms with E-state index in [0.29, 0.717) is 17.3 Å². The first-order chi connectivity index (χ1) is 11.5. The van der Waals surface area contributed by atoms with E-state index in [2.05, 4.69) is 4.98 Å². The van der Waals surface area contributed by atoms with Crippen molar-refractivity contribution in [2.24, 2.45) is 5.92 Å². The molecule has 5 heteroatoms. The van der Waals surface area contributed by atoms with Gasteiger partial charge in [-0.3, -0.25) is 9.69 Å². The normalized spacial score (nSPS) is 12.2. The zero-order chi connectivity index (χ0) is 17.5. The van der Waals surface area contributed by atoms with E-state index < -0.39 is 0 Å². The standard InChI is InChI=1S/C19H24N2O3/c1-14(2)18(21(3)4)19(22)23-13-15-9-8-12-17(20-15)24-16-10-6-5-7-11-16/h5-12,14,18H,13H2,1-4H3. The Bertz CT molecular complexity index is 649. The first-order valence-corrected chi connectivity index (χ1v) is 7.99. The Labute approximate surface area is 143 Å². The Morgan fingerprint density at radius 1 is 1.08 bits per heavy atom. The van der Waals surface area contributed by atoms with Crippen molar-refractivity contribution in [3.05, 3.63) is 54.2 Å². The van der Waals surface area contributed by atoms with Crippen LogP contribution in [-0.4, -0.2) is 36.0 Å². The lowest BCUT2D eigenvalue weighted by molar-refractivity contribution is -0.152. The van der Waals surface area contributed by atoms with Crippen LogP contribution in [0.15, 0.2) is 48.5 Å². The number of benzene rings is 1. The van der Waals surface area contributed by atoms with E-state index in [0.717, 1.165) is 0 Å². The molecule has 2 rings (SSSR count). The number of pyridine rings is 1. The fourth-order valence-electron chi connectivity index (χ4n) is 2.51. The minimum Gasteiger partial charge on any atom is -0.458 e. The molecule has 0 bridgehead atoms. The largest absolute Gasteiger partial charge is 0.458 e. The lowest BCUT2D eigenvalue weighted by atomic mass is 10.0. The molecule has 5 nitrogen and oxygen atoms in total. The molecule has 24 heavy (non-hydrogen) atoms. The molecule has 0 aliphatic rings. The fourth-order valence-corrected chi connectivity index (χ4v) is 2.51. The second-order valence-electron chi connectivity index (χ2n) is 6.14. The van der Waals surface area contributed by atoms with Gasteiger partial charge in [0.05, 0.1) is 5.69 Å². The number of likely N-dealkylation sites (N-methyl/N-ethyl adjacent to an activating group) is 1. The van der Waals surface area contributed by atoms with Crippen LogP contribution in [0.4, 0.5) is 0 Å². The van der Waals surface area contributed by atoms with Crippen molar-refractivity contribution in [3.63, 3.8) is 0 Å². The number of carbonyl (C=O) groups excluding carboxylic acids is 1. The molecule has 0 N–H and O–H groups in total. The summed E-state index contributed by atoms with van der Waals surface area (Å²) in [5.41, 5.74) is 0.651. The Kier molecular flexibility index (Phi) is 6.32. The third-order valence-electron chi connectivity index (χ3n) is 3.54. The van der Waals surface area contributed by atoms with Crippen molar-refractivity contribution in [1.82, 2.24) is 9.88 Å². The van der Waals surface area contributed by atoms with Gasteiger partial charge in [0, 0.05) is 6.07 Å². The van der Waals surface area contributed by atoms with E-state index in [1.54, 1.807) is 6.07 Å². The highest BCUT2D eigenvalue weighted by molar-refractivity contribution is 5.76. The average molecular weight is 328 g/mol. The van der Waals surface area contributed by atoms with Crippen molar-refractivity contribution in [2.75, 3.05) is 14.1 Å². The molecule has 0 saturated heterocycles. The smallest absolute Gasteiger partial charge is 0.323 e. The quantitative estimate of drug-likeness (QED) is 0.728. The van der Waals surface area contributed by atoms with Crippen LogP contribution in [-0.2, 0) is 16.1 Å². The summed E-state index contributed by atoms with van der Waals surface area (Å²) in [6, 6.07) is 14.6. The van der Waals surface area contributed by atoms with Gasteiger partial charge in [-0.15, -0.1) is 0 Å². The Morgan fingerprint density at radius 3 is 2.42 bits per heavy atom. The van der Waals surface area contributed by atoms with Gasteiger partial charge < -0.3 is 9.47 Å². The lowest BCUT2D eigenvalue weighted by Crippen LogP contribution is -2.41. The number of hydrogen-bond acceptors (Lipinski definition) is 5.